The number of hydrogen-bond acceptors (Lipinski definition) is 10. The first kappa shape index (κ1) is 33.9. The Morgan fingerprint density at radius 2 is 1.90 bits per heavy atom. The Morgan fingerprint density at radius 1 is 1.10 bits per heavy atom. The molecule has 6 rings (SSSR count). The molecule has 13 heteroatoms. The lowest BCUT2D eigenvalue weighted by atomic mass is 9.88. The number of carbonyl (C=O) groups excluding carboxylic acids is 1. The number of aliphatic hydroxyl groups excluding tert-OH is 1. The van der Waals surface area contributed by atoms with Crippen molar-refractivity contribution in [1.82, 2.24) is 20.1 Å². The van der Waals surface area contributed by atoms with Crippen LogP contribution in [0.1, 0.15) is 46.0 Å². The fourth-order valence-corrected chi connectivity index (χ4v) is 7.60. The molecule has 4 aromatic rings. The number of hydrogen-bond donors (Lipinski definition) is 4. The van der Waals surface area contributed by atoms with Gasteiger partial charge in [-0.05, 0) is 73.3 Å². The zero-order valence-corrected chi connectivity index (χ0v) is 27.9. The van der Waals surface area contributed by atoms with Gasteiger partial charge < -0.3 is 39.6 Å². The summed E-state index contributed by atoms with van der Waals surface area (Å²) in [5.41, 5.74) is 2.67. The van der Waals surface area contributed by atoms with Crippen molar-refractivity contribution in [3.05, 3.63) is 86.3 Å². The number of fused-ring (bicyclic) bond motifs is 1. The van der Waals surface area contributed by atoms with Crippen LogP contribution in [-0.4, -0.2) is 96.6 Å². The zero-order valence-electron chi connectivity index (χ0n) is 27.1. The van der Waals surface area contributed by atoms with Crippen LogP contribution in [0.3, 0.4) is 0 Å². The van der Waals surface area contributed by atoms with E-state index in [1.54, 1.807) is 44.6 Å². The number of likely N-dealkylation sites (tertiary alicyclic amines) is 1. The second-order valence-electron chi connectivity index (χ2n) is 12.4. The Bertz CT molecular complexity index is 1820. The second-order valence-corrected chi connectivity index (χ2v) is 13.4. The number of H-pyrrole nitrogens is 1. The first-order valence-corrected chi connectivity index (χ1v) is 16.9. The molecule has 0 saturated carbocycles. The highest BCUT2D eigenvalue weighted by molar-refractivity contribution is 7.16. The van der Waals surface area contributed by atoms with Crippen molar-refractivity contribution in [3.63, 3.8) is 0 Å². The number of carbonyl (C=O) groups is 1. The summed E-state index contributed by atoms with van der Waals surface area (Å²) in [5, 5.41) is 24.0. The molecular formula is C35H41FN4O7S. The number of rotatable bonds is 11. The number of nitrogens with one attached hydrogen (secondary N) is 2. The number of halogens is 1. The van der Waals surface area contributed by atoms with Crippen LogP contribution in [0.4, 0.5) is 4.39 Å². The van der Waals surface area contributed by atoms with Gasteiger partial charge in [-0.2, -0.15) is 0 Å². The number of benzene rings is 3. The van der Waals surface area contributed by atoms with Crippen LogP contribution in [0.15, 0.2) is 53.3 Å². The molecule has 256 valence electrons. The number of thiazole rings is 1. The largest absolute Gasteiger partial charge is 0.506 e. The maximum atomic E-state index is 14.7. The first-order valence-electron chi connectivity index (χ1n) is 16.1. The van der Waals surface area contributed by atoms with Crippen LogP contribution in [-0.2, 0) is 17.7 Å². The molecule has 48 heavy (non-hydrogen) atoms. The van der Waals surface area contributed by atoms with Gasteiger partial charge in [0.15, 0.2) is 0 Å². The Morgan fingerprint density at radius 3 is 2.67 bits per heavy atom. The van der Waals surface area contributed by atoms with Gasteiger partial charge in [-0.3, -0.25) is 14.5 Å². The molecular weight excluding hydrogens is 639 g/mol. The van der Waals surface area contributed by atoms with Gasteiger partial charge in [0.05, 0.1) is 49.3 Å². The Hall–Kier alpha value is -4.01. The number of nitrogens with zero attached hydrogens (tertiary/aromatic N) is 2. The molecule has 4 N–H and O–H groups in total. The lowest BCUT2D eigenvalue weighted by Gasteiger charge is -2.47. The summed E-state index contributed by atoms with van der Waals surface area (Å²) in [6.45, 7) is 4.34. The number of aromatic nitrogens is 1. The van der Waals surface area contributed by atoms with Gasteiger partial charge in [-0.25, -0.2) is 4.39 Å². The number of aromatic amines is 1. The average Bonchev–Trinajstić information content (AvgIpc) is 3.49. The number of phenolic OH excluding ortho intramolecular Hbond substituents is 1. The minimum atomic E-state index is -0.881. The van der Waals surface area contributed by atoms with Crippen molar-refractivity contribution >= 4 is 27.5 Å². The van der Waals surface area contributed by atoms with Gasteiger partial charge in [0, 0.05) is 38.3 Å². The number of piperidine rings is 1. The minimum Gasteiger partial charge on any atom is -0.506 e. The van der Waals surface area contributed by atoms with E-state index in [0.717, 1.165) is 48.4 Å². The van der Waals surface area contributed by atoms with Crippen LogP contribution >= 0.6 is 11.3 Å². The average molecular weight is 681 g/mol. The van der Waals surface area contributed by atoms with Gasteiger partial charge >= 0.3 is 4.87 Å². The van der Waals surface area contributed by atoms with E-state index in [2.05, 4.69) is 15.2 Å². The molecule has 1 atom stereocenters. The molecule has 1 aromatic heterocycles. The molecule has 3 aromatic carbocycles. The molecule has 0 bridgehead atoms. The monoisotopic (exact) mass is 680 g/mol. The van der Waals surface area contributed by atoms with E-state index < -0.39 is 11.7 Å². The molecule has 1 spiro atoms. The normalized spacial score (nSPS) is 17.1. The van der Waals surface area contributed by atoms with E-state index in [1.165, 1.54) is 12.1 Å². The van der Waals surface area contributed by atoms with E-state index in [4.69, 9.17) is 14.2 Å². The van der Waals surface area contributed by atoms with Crippen LogP contribution in [0.5, 0.6) is 17.2 Å². The number of phenols is 1. The van der Waals surface area contributed by atoms with E-state index >= 15 is 0 Å². The highest BCUT2D eigenvalue weighted by Crippen LogP contribution is 2.34. The molecule has 0 aliphatic carbocycles. The summed E-state index contributed by atoms with van der Waals surface area (Å²) < 4.78 is 32.3. The third-order valence-corrected chi connectivity index (χ3v) is 10.2. The number of ether oxygens (including phenoxy) is 3. The number of morpholine rings is 1. The highest BCUT2D eigenvalue weighted by Gasteiger charge is 2.41. The molecule has 1 amide bonds. The van der Waals surface area contributed by atoms with E-state index in [0.29, 0.717) is 72.0 Å². The number of aromatic hydroxyl groups is 1. The van der Waals surface area contributed by atoms with E-state index in [1.807, 2.05) is 11.0 Å². The summed E-state index contributed by atoms with van der Waals surface area (Å²) in [7, 11) is 3.12. The van der Waals surface area contributed by atoms with Crippen molar-refractivity contribution in [2.45, 2.75) is 37.5 Å². The van der Waals surface area contributed by atoms with Gasteiger partial charge in [-0.15, -0.1) is 0 Å². The van der Waals surface area contributed by atoms with Crippen LogP contribution < -0.4 is 19.7 Å². The summed E-state index contributed by atoms with van der Waals surface area (Å²) >= 11 is 0.948. The predicted molar refractivity (Wildman–Crippen MR) is 181 cm³/mol. The minimum absolute atomic E-state index is 0.0365. The topological polar surface area (TPSA) is 137 Å². The third-order valence-electron chi connectivity index (χ3n) is 9.24. The van der Waals surface area contributed by atoms with Crippen molar-refractivity contribution in [2.24, 2.45) is 0 Å². The van der Waals surface area contributed by atoms with Gasteiger partial charge in [-0.1, -0.05) is 23.5 Å². The Labute approximate surface area is 281 Å². The quantitative estimate of drug-likeness (QED) is 0.174. The maximum Gasteiger partial charge on any atom is 0.305 e. The van der Waals surface area contributed by atoms with Crippen LogP contribution in [0.25, 0.3) is 10.2 Å². The summed E-state index contributed by atoms with van der Waals surface area (Å²) in [6, 6.07) is 13.4. The lowest BCUT2D eigenvalue weighted by molar-refractivity contribution is -0.128. The van der Waals surface area contributed by atoms with Crippen molar-refractivity contribution in [3.8, 4) is 17.2 Å². The van der Waals surface area contributed by atoms with E-state index in [-0.39, 0.29) is 28.9 Å². The molecule has 11 nitrogen and oxygen atoms in total. The third kappa shape index (κ3) is 7.50. The Kier molecular flexibility index (Phi) is 10.3. The van der Waals surface area contributed by atoms with E-state index in [9.17, 15) is 24.2 Å². The molecule has 3 heterocycles. The summed E-state index contributed by atoms with van der Waals surface area (Å²) in [5.74, 6) is 0.666. The molecule has 2 saturated heterocycles. The Balaban J connectivity index is 1.00. The standard InChI is InChI=1S/C35H41FN4O7S/c1-45-25-3-6-30(46-2)27(18-25)33(43)40-13-14-47-35(21-40)8-11-39(12-9-35)20-23-15-22(16-24(36)17-23)7-10-37-19-29(42)26-4-5-28(41)31-32(26)48-34(44)38-31/h3-6,15-18,29,37,41-42H,7-14,19-21H2,1-2H3,(H,38,44)/t29-/m0/s1. The fourth-order valence-electron chi connectivity index (χ4n) is 6.69. The molecule has 2 aliphatic rings. The fraction of sp³-hybridized carbons (Fsp3) is 0.429. The molecule has 0 unspecified atom stereocenters. The number of methoxy groups -OCH3 is 2. The van der Waals surface area contributed by atoms with Crippen molar-refractivity contribution < 1.29 is 33.6 Å². The molecule has 2 fully saturated rings. The van der Waals surface area contributed by atoms with Crippen molar-refractivity contribution in [2.75, 3.05) is 60.1 Å². The van der Waals surface area contributed by atoms with Gasteiger partial charge in [0.2, 0.25) is 0 Å². The smallest absolute Gasteiger partial charge is 0.305 e. The first-order chi connectivity index (χ1) is 23.2. The van der Waals surface area contributed by atoms with Crippen molar-refractivity contribution in [1.29, 1.82) is 0 Å². The van der Waals surface area contributed by atoms with Gasteiger partial charge in [0.25, 0.3) is 5.91 Å². The lowest BCUT2D eigenvalue weighted by Crippen LogP contribution is -2.57. The SMILES string of the molecule is COc1ccc(OC)c(C(=O)N2CCOC3(CCN(Cc4cc(F)cc(CCNC[C@H](O)c5ccc(O)c6[nH]c(=O)sc56)c4)CC3)C2)c1. The number of amides is 1. The summed E-state index contributed by atoms with van der Waals surface area (Å²) in [6.07, 6.45) is 1.20. The van der Waals surface area contributed by atoms with Gasteiger partial charge in [0.1, 0.15) is 28.6 Å². The number of aliphatic hydroxyl groups is 1. The second kappa shape index (κ2) is 14.6. The maximum absolute atomic E-state index is 14.7. The highest BCUT2D eigenvalue weighted by atomic mass is 32.1. The molecule has 0 radical (unpaired) electrons. The molecule has 2 aliphatic heterocycles. The zero-order chi connectivity index (χ0) is 33.8. The van der Waals surface area contributed by atoms with Crippen LogP contribution in [0, 0.1) is 5.82 Å². The summed E-state index contributed by atoms with van der Waals surface area (Å²) in [4.78, 5) is 31.8. The van der Waals surface area contributed by atoms with Crippen LogP contribution in [0.2, 0.25) is 0 Å². The predicted octanol–water partition coefficient (Wildman–Crippen LogP) is 3.82.